The standard InChI is InChI=1S/C21H16N2O3/c24-21(25)26-15-10-14-11-17-16-8-4-5-9-18(16)22-19(17)20(23(14)12-15)13-6-2-1-3-7-13/h1-10,12,20,22H,11H2,(H,24,25). The summed E-state index contributed by atoms with van der Waals surface area (Å²) in [6.45, 7) is 0. The number of carbonyl (C=O) groups is 1. The second-order valence-electron chi connectivity index (χ2n) is 6.50. The quantitative estimate of drug-likeness (QED) is 0.461. The van der Waals surface area contributed by atoms with Crippen LogP contribution in [0.3, 0.4) is 0 Å². The fraction of sp³-hybridized carbons (Fsp3) is 0.0952. The number of nitrogens with zero attached hydrogens (tertiary/aromatic N) is 1. The first kappa shape index (κ1) is 14.8. The van der Waals surface area contributed by atoms with Gasteiger partial charge >= 0.3 is 6.16 Å². The third-order valence-corrected chi connectivity index (χ3v) is 4.98. The van der Waals surface area contributed by atoms with Crippen molar-refractivity contribution < 1.29 is 14.6 Å². The number of aromatic nitrogens is 2. The number of aromatic amines is 1. The van der Waals surface area contributed by atoms with Crippen LogP contribution in [0.15, 0.2) is 66.9 Å². The number of ether oxygens (including phenoxy) is 1. The molecule has 26 heavy (non-hydrogen) atoms. The van der Waals surface area contributed by atoms with Gasteiger partial charge < -0.3 is 19.4 Å². The Labute approximate surface area is 149 Å². The third kappa shape index (κ3) is 2.21. The highest BCUT2D eigenvalue weighted by molar-refractivity contribution is 5.86. The molecule has 2 aromatic heterocycles. The van der Waals surface area contributed by atoms with Crippen LogP contribution in [0.5, 0.6) is 5.75 Å². The van der Waals surface area contributed by atoms with E-state index in [2.05, 4.69) is 33.8 Å². The van der Waals surface area contributed by atoms with Gasteiger partial charge in [-0.25, -0.2) is 4.79 Å². The molecule has 0 fully saturated rings. The van der Waals surface area contributed by atoms with E-state index >= 15 is 0 Å². The average Bonchev–Trinajstić information content (AvgIpc) is 3.20. The summed E-state index contributed by atoms with van der Waals surface area (Å²) in [6.07, 6.45) is 1.20. The van der Waals surface area contributed by atoms with Crippen molar-refractivity contribution in [2.75, 3.05) is 0 Å². The Kier molecular flexibility index (Phi) is 3.15. The van der Waals surface area contributed by atoms with Crippen molar-refractivity contribution in [2.24, 2.45) is 0 Å². The summed E-state index contributed by atoms with van der Waals surface area (Å²) >= 11 is 0. The summed E-state index contributed by atoms with van der Waals surface area (Å²) in [5, 5.41) is 10.2. The first-order valence-corrected chi connectivity index (χ1v) is 8.46. The molecule has 0 radical (unpaired) electrons. The smallest absolute Gasteiger partial charge is 0.449 e. The summed E-state index contributed by atoms with van der Waals surface area (Å²) in [5.74, 6) is 0.350. The molecule has 5 rings (SSSR count). The predicted octanol–water partition coefficient (Wildman–Crippen LogP) is 4.57. The molecule has 1 unspecified atom stereocenters. The van der Waals surface area contributed by atoms with E-state index in [1.54, 1.807) is 6.20 Å². The molecule has 4 aromatic rings. The zero-order valence-electron chi connectivity index (χ0n) is 13.8. The fourth-order valence-corrected chi connectivity index (χ4v) is 3.96. The lowest BCUT2D eigenvalue weighted by atomic mass is 9.93. The van der Waals surface area contributed by atoms with Gasteiger partial charge in [-0.15, -0.1) is 0 Å². The molecule has 0 saturated carbocycles. The molecule has 0 aliphatic carbocycles. The SMILES string of the molecule is O=C(O)Oc1cc2n(c1)C(c1ccccc1)c1[nH]c3ccccc3c1C2. The lowest BCUT2D eigenvalue weighted by Gasteiger charge is -2.27. The summed E-state index contributed by atoms with van der Waals surface area (Å²) in [4.78, 5) is 14.5. The molecule has 2 aromatic carbocycles. The van der Waals surface area contributed by atoms with Crippen LogP contribution in [0.25, 0.3) is 10.9 Å². The molecular formula is C21H16N2O3. The molecule has 3 heterocycles. The fourth-order valence-electron chi connectivity index (χ4n) is 3.96. The highest BCUT2D eigenvalue weighted by Gasteiger charge is 2.30. The predicted molar refractivity (Wildman–Crippen MR) is 97.9 cm³/mol. The number of para-hydroxylation sites is 1. The first-order chi connectivity index (χ1) is 12.7. The largest absolute Gasteiger partial charge is 0.511 e. The number of hydrogen-bond donors (Lipinski definition) is 2. The molecule has 0 bridgehead atoms. The van der Waals surface area contributed by atoms with Gasteiger partial charge in [0.2, 0.25) is 0 Å². The molecular weight excluding hydrogens is 328 g/mol. The maximum atomic E-state index is 10.9. The second-order valence-corrected chi connectivity index (χ2v) is 6.50. The van der Waals surface area contributed by atoms with Gasteiger partial charge in [0.25, 0.3) is 0 Å². The Morgan fingerprint density at radius 1 is 1.12 bits per heavy atom. The van der Waals surface area contributed by atoms with E-state index in [4.69, 9.17) is 9.84 Å². The number of carboxylic acid groups (broad SMARTS) is 1. The molecule has 1 aliphatic heterocycles. The van der Waals surface area contributed by atoms with Gasteiger partial charge in [0, 0.05) is 41.0 Å². The highest BCUT2D eigenvalue weighted by Crippen LogP contribution is 2.40. The van der Waals surface area contributed by atoms with Crippen molar-refractivity contribution in [3.05, 3.63) is 89.4 Å². The van der Waals surface area contributed by atoms with Gasteiger partial charge in [0.05, 0.1) is 6.04 Å². The second kappa shape index (κ2) is 5.52. The van der Waals surface area contributed by atoms with Crippen molar-refractivity contribution >= 4 is 17.1 Å². The monoisotopic (exact) mass is 344 g/mol. The Balaban J connectivity index is 1.74. The van der Waals surface area contributed by atoms with Crippen LogP contribution in [0.1, 0.15) is 28.6 Å². The molecule has 128 valence electrons. The van der Waals surface area contributed by atoms with Gasteiger partial charge in [-0.05, 0) is 17.2 Å². The Hall–Kier alpha value is -3.47. The number of nitrogens with one attached hydrogen (secondary N) is 1. The maximum absolute atomic E-state index is 10.9. The number of fused-ring (bicyclic) bond motifs is 4. The Morgan fingerprint density at radius 2 is 1.88 bits per heavy atom. The number of hydrogen-bond acceptors (Lipinski definition) is 2. The number of rotatable bonds is 2. The average molecular weight is 344 g/mol. The molecule has 2 N–H and O–H groups in total. The third-order valence-electron chi connectivity index (χ3n) is 4.98. The molecule has 5 nitrogen and oxygen atoms in total. The van der Waals surface area contributed by atoms with E-state index in [9.17, 15) is 4.79 Å². The van der Waals surface area contributed by atoms with Crippen LogP contribution in [-0.2, 0) is 6.42 Å². The molecule has 1 aliphatic rings. The lowest BCUT2D eigenvalue weighted by Crippen LogP contribution is -2.20. The van der Waals surface area contributed by atoms with Crippen molar-refractivity contribution in [3.63, 3.8) is 0 Å². The maximum Gasteiger partial charge on any atom is 0.511 e. The summed E-state index contributed by atoms with van der Waals surface area (Å²) in [6, 6.07) is 20.3. The van der Waals surface area contributed by atoms with E-state index in [1.807, 2.05) is 36.4 Å². The zero-order chi connectivity index (χ0) is 17.7. The van der Waals surface area contributed by atoms with Crippen LogP contribution in [0.4, 0.5) is 4.79 Å². The minimum Gasteiger partial charge on any atom is -0.449 e. The van der Waals surface area contributed by atoms with E-state index in [0.717, 1.165) is 28.9 Å². The van der Waals surface area contributed by atoms with Crippen molar-refractivity contribution in [1.82, 2.24) is 9.55 Å². The van der Waals surface area contributed by atoms with Gasteiger partial charge in [0.15, 0.2) is 5.75 Å². The van der Waals surface area contributed by atoms with Crippen LogP contribution in [-0.4, -0.2) is 20.8 Å². The van der Waals surface area contributed by atoms with Crippen molar-refractivity contribution in [2.45, 2.75) is 12.5 Å². The Morgan fingerprint density at radius 3 is 2.69 bits per heavy atom. The summed E-state index contributed by atoms with van der Waals surface area (Å²) in [7, 11) is 0. The molecule has 0 amide bonds. The van der Waals surface area contributed by atoms with E-state index in [-0.39, 0.29) is 6.04 Å². The highest BCUT2D eigenvalue weighted by atomic mass is 16.7. The minimum atomic E-state index is -1.30. The van der Waals surface area contributed by atoms with Crippen molar-refractivity contribution in [1.29, 1.82) is 0 Å². The number of H-pyrrole nitrogens is 1. The van der Waals surface area contributed by atoms with Gasteiger partial charge in [0.1, 0.15) is 0 Å². The summed E-state index contributed by atoms with van der Waals surface area (Å²) in [5.41, 5.74) is 5.68. The molecule has 5 heteroatoms. The van der Waals surface area contributed by atoms with Crippen LogP contribution < -0.4 is 4.74 Å². The lowest BCUT2D eigenvalue weighted by molar-refractivity contribution is 0.144. The van der Waals surface area contributed by atoms with E-state index < -0.39 is 6.16 Å². The van der Waals surface area contributed by atoms with Gasteiger partial charge in [-0.2, -0.15) is 0 Å². The van der Waals surface area contributed by atoms with E-state index in [0.29, 0.717) is 5.75 Å². The number of benzene rings is 2. The minimum absolute atomic E-state index is 0.0477. The molecule has 0 spiro atoms. The summed E-state index contributed by atoms with van der Waals surface area (Å²) < 4.78 is 7.00. The molecule has 1 atom stereocenters. The van der Waals surface area contributed by atoms with Crippen LogP contribution in [0.2, 0.25) is 0 Å². The van der Waals surface area contributed by atoms with Crippen molar-refractivity contribution in [3.8, 4) is 5.75 Å². The Bertz CT molecular complexity index is 1120. The molecule has 0 saturated heterocycles. The first-order valence-electron chi connectivity index (χ1n) is 8.46. The van der Waals surface area contributed by atoms with Crippen LogP contribution in [0, 0.1) is 0 Å². The normalized spacial score (nSPS) is 15.5. The topological polar surface area (TPSA) is 67.2 Å². The van der Waals surface area contributed by atoms with E-state index in [1.165, 1.54) is 10.9 Å². The van der Waals surface area contributed by atoms with Gasteiger partial charge in [-0.1, -0.05) is 48.5 Å². The van der Waals surface area contributed by atoms with Gasteiger partial charge in [-0.3, -0.25) is 0 Å². The zero-order valence-corrected chi connectivity index (χ0v) is 13.8. The van der Waals surface area contributed by atoms with Crippen LogP contribution >= 0.6 is 0 Å².